The van der Waals surface area contributed by atoms with E-state index in [4.69, 9.17) is 4.74 Å². The van der Waals surface area contributed by atoms with Gasteiger partial charge < -0.3 is 14.4 Å². The van der Waals surface area contributed by atoms with Crippen molar-refractivity contribution in [3.8, 4) is 11.6 Å². The van der Waals surface area contributed by atoms with Gasteiger partial charge in [-0.1, -0.05) is 12.1 Å². The van der Waals surface area contributed by atoms with Gasteiger partial charge >= 0.3 is 6.61 Å². The first kappa shape index (κ1) is 15.2. The fourth-order valence-electron chi connectivity index (χ4n) is 2.36. The Balaban J connectivity index is 1.85. The standard InChI is InChI=1S/C16H14F2N2O3/c17-16(18)23-14-7-6-11(10-19-14)15(21)20-8-3-9-22-13-5-2-1-4-12(13)20/h1-2,4-7,10,16H,3,8-9H2. The number of amides is 1. The summed E-state index contributed by atoms with van der Waals surface area (Å²) in [4.78, 5) is 18.0. The van der Waals surface area contributed by atoms with Crippen LogP contribution in [0.3, 0.4) is 0 Å². The maximum atomic E-state index is 12.7. The van der Waals surface area contributed by atoms with Gasteiger partial charge in [0.2, 0.25) is 5.88 Å². The minimum absolute atomic E-state index is 0.226. The number of para-hydroxylation sites is 2. The summed E-state index contributed by atoms with van der Waals surface area (Å²) in [6.45, 7) is -1.91. The second-order valence-corrected chi connectivity index (χ2v) is 4.89. The summed E-state index contributed by atoms with van der Waals surface area (Å²) in [6.07, 6.45) is 1.93. The minimum atomic E-state index is -2.95. The highest BCUT2D eigenvalue weighted by Gasteiger charge is 2.23. The predicted octanol–water partition coefficient (Wildman–Crippen LogP) is 3.11. The van der Waals surface area contributed by atoms with E-state index >= 15 is 0 Å². The van der Waals surface area contributed by atoms with E-state index in [9.17, 15) is 13.6 Å². The Hall–Kier alpha value is -2.70. The van der Waals surface area contributed by atoms with Crippen molar-refractivity contribution < 1.29 is 23.0 Å². The lowest BCUT2D eigenvalue weighted by molar-refractivity contribution is -0.0528. The number of carbonyl (C=O) groups excluding carboxylic acids is 1. The molecule has 1 aromatic carbocycles. The van der Waals surface area contributed by atoms with Crippen LogP contribution in [0.4, 0.5) is 14.5 Å². The number of pyridine rings is 1. The molecule has 23 heavy (non-hydrogen) atoms. The maximum Gasteiger partial charge on any atom is 0.388 e. The summed E-state index contributed by atoms with van der Waals surface area (Å²) >= 11 is 0. The van der Waals surface area contributed by atoms with Crippen molar-refractivity contribution in [2.24, 2.45) is 0 Å². The van der Waals surface area contributed by atoms with Crippen LogP contribution in [-0.4, -0.2) is 30.7 Å². The third kappa shape index (κ3) is 3.39. The van der Waals surface area contributed by atoms with E-state index in [1.54, 1.807) is 17.0 Å². The summed E-state index contributed by atoms with van der Waals surface area (Å²) in [5, 5.41) is 0. The highest BCUT2D eigenvalue weighted by Crippen LogP contribution is 2.31. The van der Waals surface area contributed by atoms with E-state index in [0.717, 1.165) is 0 Å². The average molecular weight is 320 g/mol. The van der Waals surface area contributed by atoms with Gasteiger partial charge in [0.1, 0.15) is 5.75 Å². The summed E-state index contributed by atoms with van der Waals surface area (Å²) in [6, 6.07) is 9.94. The Morgan fingerprint density at radius 2 is 2.09 bits per heavy atom. The van der Waals surface area contributed by atoms with Crippen molar-refractivity contribution in [1.29, 1.82) is 0 Å². The van der Waals surface area contributed by atoms with E-state index < -0.39 is 6.61 Å². The Labute approximate surface area is 131 Å². The molecular formula is C16H14F2N2O3. The predicted molar refractivity (Wildman–Crippen MR) is 79.1 cm³/mol. The van der Waals surface area contributed by atoms with Crippen LogP contribution in [0.1, 0.15) is 16.8 Å². The van der Waals surface area contributed by atoms with Crippen LogP contribution in [0.5, 0.6) is 11.6 Å². The highest BCUT2D eigenvalue weighted by molar-refractivity contribution is 6.06. The third-order valence-electron chi connectivity index (χ3n) is 3.38. The number of rotatable bonds is 3. The molecule has 2 aromatic rings. The topological polar surface area (TPSA) is 51.7 Å². The molecule has 0 radical (unpaired) electrons. The number of hydrogen-bond donors (Lipinski definition) is 0. The van der Waals surface area contributed by atoms with Gasteiger partial charge in [-0.3, -0.25) is 4.79 Å². The van der Waals surface area contributed by atoms with Crippen LogP contribution in [0.15, 0.2) is 42.6 Å². The van der Waals surface area contributed by atoms with Crippen molar-refractivity contribution >= 4 is 11.6 Å². The number of ether oxygens (including phenoxy) is 2. The number of fused-ring (bicyclic) bond motifs is 1. The Morgan fingerprint density at radius 3 is 2.83 bits per heavy atom. The van der Waals surface area contributed by atoms with Gasteiger partial charge in [0.05, 0.1) is 17.9 Å². The Bertz CT molecular complexity index is 692. The molecule has 0 saturated heterocycles. The van der Waals surface area contributed by atoms with E-state index in [0.29, 0.717) is 36.6 Å². The molecule has 0 unspecified atom stereocenters. The molecule has 0 fully saturated rings. The van der Waals surface area contributed by atoms with Gasteiger partial charge in [-0.2, -0.15) is 8.78 Å². The smallest absolute Gasteiger partial charge is 0.388 e. The molecule has 0 aliphatic carbocycles. The fraction of sp³-hybridized carbons (Fsp3) is 0.250. The molecule has 0 spiro atoms. The van der Waals surface area contributed by atoms with Crippen molar-refractivity contribution in [2.75, 3.05) is 18.1 Å². The molecule has 7 heteroatoms. The average Bonchev–Trinajstić information content (AvgIpc) is 2.77. The zero-order valence-corrected chi connectivity index (χ0v) is 12.1. The summed E-state index contributed by atoms with van der Waals surface area (Å²) in [5.41, 5.74) is 0.978. The SMILES string of the molecule is O=C(c1ccc(OC(F)F)nc1)N1CCCOc2ccccc21. The molecule has 1 aliphatic heterocycles. The van der Waals surface area contributed by atoms with Crippen LogP contribution >= 0.6 is 0 Å². The second kappa shape index (κ2) is 6.60. The van der Waals surface area contributed by atoms with Crippen LogP contribution in [-0.2, 0) is 0 Å². The first-order valence-corrected chi connectivity index (χ1v) is 7.10. The number of carbonyl (C=O) groups is 1. The van der Waals surface area contributed by atoms with Gasteiger partial charge in [0, 0.05) is 18.8 Å². The molecule has 3 rings (SSSR count). The van der Waals surface area contributed by atoms with Crippen LogP contribution < -0.4 is 14.4 Å². The number of hydrogen-bond acceptors (Lipinski definition) is 4. The normalized spacial score (nSPS) is 14.0. The van der Waals surface area contributed by atoms with Crippen molar-refractivity contribution in [3.63, 3.8) is 0 Å². The molecule has 1 amide bonds. The minimum Gasteiger partial charge on any atom is -0.491 e. The number of aromatic nitrogens is 1. The molecule has 1 aromatic heterocycles. The first-order valence-electron chi connectivity index (χ1n) is 7.10. The molecule has 5 nitrogen and oxygen atoms in total. The number of benzene rings is 1. The highest BCUT2D eigenvalue weighted by atomic mass is 19.3. The molecular weight excluding hydrogens is 306 g/mol. The second-order valence-electron chi connectivity index (χ2n) is 4.89. The largest absolute Gasteiger partial charge is 0.491 e. The summed E-state index contributed by atoms with van der Waals surface area (Å²) < 4.78 is 34.1. The zero-order valence-electron chi connectivity index (χ0n) is 12.1. The molecule has 0 saturated carbocycles. The van der Waals surface area contributed by atoms with Crippen LogP contribution in [0.2, 0.25) is 0 Å². The van der Waals surface area contributed by atoms with Gasteiger partial charge in [-0.05, 0) is 24.6 Å². The van der Waals surface area contributed by atoms with Crippen molar-refractivity contribution in [1.82, 2.24) is 4.98 Å². The molecule has 120 valence electrons. The van der Waals surface area contributed by atoms with Gasteiger partial charge in [-0.15, -0.1) is 0 Å². The number of halogens is 2. The molecule has 0 N–H and O–H groups in total. The van der Waals surface area contributed by atoms with E-state index in [1.165, 1.54) is 18.3 Å². The lowest BCUT2D eigenvalue weighted by Crippen LogP contribution is -2.31. The Kier molecular flexibility index (Phi) is 4.36. The molecule has 0 atom stereocenters. The summed E-state index contributed by atoms with van der Waals surface area (Å²) in [5.74, 6) is 0.152. The lowest BCUT2D eigenvalue weighted by atomic mass is 10.2. The van der Waals surface area contributed by atoms with Gasteiger partial charge in [0.25, 0.3) is 5.91 Å². The molecule has 2 heterocycles. The third-order valence-corrected chi connectivity index (χ3v) is 3.38. The quantitative estimate of drug-likeness (QED) is 0.872. The Morgan fingerprint density at radius 1 is 1.26 bits per heavy atom. The van der Waals surface area contributed by atoms with Gasteiger partial charge in [-0.25, -0.2) is 4.98 Å². The number of nitrogens with zero attached hydrogens (tertiary/aromatic N) is 2. The molecule has 0 bridgehead atoms. The fourth-order valence-corrected chi connectivity index (χ4v) is 2.36. The maximum absolute atomic E-state index is 12.7. The van der Waals surface area contributed by atoms with Gasteiger partial charge in [0.15, 0.2) is 0 Å². The summed E-state index contributed by atoms with van der Waals surface area (Å²) in [7, 11) is 0. The van der Waals surface area contributed by atoms with E-state index in [-0.39, 0.29) is 11.8 Å². The molecule has 1 aliphatic rings. The van der Waals surface area contributed by atoms with E-state index in [1.807, 2.05) is 12.1 Å². The van der Waals surface area contributed by atoms with Crippen LogP contribution in [0, 0.1) is 0 Å². The zero-order chi connectivity index (χ0) is 16.2. The lowest BCUT2D eigenvalue weighted by Gasteiger charge is -2.21. The van der Waals surface area contributed by atoms with Crippen LogP contribution in [0.25, 0.3) is 0 Å². The number of alkyl halides is 2. The monoisotopic (exact) mass is 320 g/mol. The van der Waals surface area contributed by atoms with Crippen molar-refractivity contribution in [2.45, 2.75) is 13.0 Å². The van der Waals surface area contributed by atoms with Crippen molar-refractivity contribution in [3.05, 3.63) is 48.2 Å². The van der Waals surface area contributed by atoms with E-state index in [2.05, 4.69) is 9.72 Å². The number of anilines is 1. The first-order chi connectivity index (χ1) is 11.1.